The summed E-state index contributed by atoms with van der Waals surface area (Å²) in [5.74, 6) is -1.39. The molecular formula is C28H29F2N3O5. The van der Waals surface area contributed by atoms with E-state index in [0.717, 1.165) is 35.8 Å². The Morgan fingerprint density at radius 2 is 1.82 bits per heavy atom. The molecular weight excluding hydrogens is 496 g/mol. The third kappa shape index (κ3) is 5.71. The monoisotopic (exact) mass is 525 g/mol. The van der Waals surface area contributed by atoms with E-state index < -0.39 is 23.9 Å². The van der Waals surface area contributed by atoms with Gasteiger partial charge in [-0.05, 0) is 72.1 Å². The second-order valence-corrected chi connectivity index (χ2v) is 9.58. The molecule has 2 atom stereocenters. The highest BCUT2D eigenvalue weighted by atomic mass is 19.1. The van der Waals surface area contributed by atoms with Crippen LogP contribution in [0.25, 0.3) is 10.8 Å². The van der Waals surface area contributed by atoms with E-state index in [2.05, 4.69) is 15.4 Å². The second-order valence-electron chi connectivity index (χ2n) is 9.58. The molecule has 200 valence electrons. The summed E-state index contributed by atoms with van der Waals surface area (Å²) in [6.45, 7) is 2.48. The summed E-state index contributed by atoms with van der Waals surface area (Å²) in [6, 6.07) is 12.0. The zero-order valence-corrected chi connectivity index (χ0v) is 20.7. The van der Waals surface area contributed by atoms with Gasteiger partial charge in [0, 0.05) is 13.0 Å². The Kier molecular flexibility index (Phi) is 7.71. The van der Waals surface area contributed by atoms with E-state index in [1.165, 1.54) is 24.3 Å². The molecule has 0 spiro atoms. The van der Waals surface area contributed by atoms with E-state index in [0.29, 0.717) is 13.0 Å². The molecule has 2 aliphatic rings. The number of aryl methyl sites for hydroxylation is 1. The second kappa shape index (κ2) is 11.3. The maximum atomic E-state index is 14.6. The van der Waals surface area contributed by atoms with Crippen molar-refractivity contribution in [3.63, 3.8) is 0 Å². The summed E-state index contributed by atoms with van der Waals surface area (Å²) in [4.78, 5) is 15.2. The molecule has 1 fully saturated rings. The van der Waals surface area contributed by atoms with Crippen LogP contribution in [0.5, 0.6) is 11.5 Å². The molecule has 8 nitrogen and oxygen atoms in total. The number of fused-ring (bicyclic) bond motifs is 2. The molecule has 1 amide bonds. The predicted molar refractivity (Wildman–Crippen MR) is 137 cm³/mol. The van der Waals surface area contributed by atoms with Crippen molar-refractivity contribution in [1.29, 1.82) is 0 Å². The van der Waals surface area contributed by atoms with E-state index in [9.17, 15) is 23.9 Å². The van der Waals surface area contributed by atoms with Crippen LogP contribution in [0.1, 0.15) is 30.1 Å². The minimum absolute atomic E-state index is 0.00375. The zero-order valence-electron chi connectivity index (χ0n) is 20.7. The Bertz CT molecular complexity index is 1360. The highest BCUT2D eigenvalue weighted by Crippen LogP contribution is 2.36. The van der Waals surface area contributed by atoms with Gasteiger partial charge < -0.3 is 30.0 Å². The Morgan fingerprint density at radius 1 is 1.05 bits per heavy atom. The van der Waals surface area contributed by atoms with Crippen LogP contribution in [0.2, 0.25) is 0 Å². The van der Waals surface area contributed by atoms with Crippen molar-refractivity contribution >= 4 is 22.4 Å². The lowest BCUT2D eigenvalue weighted by Gasteiger charge is -2.36. The lowest BCUT2D eigenvalue weighted by atomic mass is 9.98. The quantitative estimate of drug-likeness (QED) is 0.224. The number of aliphatic hydroxyl groups is 1. The van der Waals surface area contributed by atoms with Crippen LogP contribution in [-0.4, -0.2) is 65.7 Å². The first-order valence-corrected chi connectivity index (χ1v) is 12.6. The van der Waals surface area contributed by atoms with Crippen LogP contribution in [0.3, 0.4) is 0 Å². The van der Waals surface area contributed by atoms with Gasteiger partial charge in [-0.1, -0.05) is 29.4 Å². The molecule has 0 unspecified atom stereocenters. The van der Waals surface area contributed by atoms with Crippen molar-refractivity contribution in [3.05, 3.63) is 71.3 Å². The topological polar surface area (TPSA) is 104 Å². The summed E-state index contributed by atoms with van der Waals surface area (Å²) < 4.78 is 38.9. The number of hydrogen-bond donors (Lipinski definition) is 3. The normalized spacial score (nSPS) is 17.1. The molecule has 10 heteroatoms. The fourth-order valence-corrected chi connectivity index (χ4v) is 4.75. The van der Waals surface area contributed by atoms with Gasteiger partial charge in [-0.3, -0.25) is 4.79 Å². The van der Waals surface area contributed by atoms with Gasteiger partial charge >= 0.3 is 0 Å². The molecule has 0 aromatic heterocycles. The van der Waals surface area contributed by atoms with Crippen LogP contribution in [0.15, 0.2) is 53.7 Å². The Hall–Kier alpha value is -3.76. The molecule has 3 aromatic carbocycles. The molecule has 0 bridgehead atoms. The van der Waals surface area contributed by atoms with Crippen molar-refractivity contribution in [2.45, 2.75) is 31.4 Å². The minimum atomic E-state index is -1.24. The summed E-state index contributed by atoms with van der Waals surface area (Å²) >= 11 is 0. The minimum Gasteiger partial charge on any atom is -0.486 e. The van der Waals surface area contributed by atoms with E-state index in [4.69, 9.17) is 9.47 Å². The fourth-order valence-electron chi connectivity index (χ4n) is 4.75. The molecule has 2 aliphatic heterocycles. The summed E-state index contributed by atoms with van der Waals surface area (Å²) in [7, 11) is 0. The van der Waals surface area contributed by atoms with Crippen molar-refractivity contribution in [3.8, 4) is 11.5 Å². The first-order valence-electron chi connectivity index (χ1n) is 12.6. The van der Waals surface area contributed by atoms with Crippen molar-refractivity contribution in [2.24, 2.45) is 5.16 Å². The molecule has 0 saturated carbocycles. The number of amides is 1. The molecule has 3 N–H and O–H groups in total. The van der Waals surface area contributed by atoms with Gasteiger partial charge in [-0.15, -0.1) is 0 Å². The van der Waals surface area contributed by atoms with E-state index in [1.807, 2.05) is 12.1 Å². The number of benzene rings is 3. The van der Waals surface area contributed by atoms with Gasteiger partial charge in [0.1, 0.15) is 30.8 Å². The lowest BCUT2D eigenvalue weighted by molar-refractivity contribution is -0.116. The van der Waals surface area contributed by atoms with E-state index in [-0.39, 0.29) is 48.2 Å². The smallest absolute Gasteiger partial charge is 0.269 e. The van der Waals surface area contributed by atoms with Gasteiger partial charge in [-0.25, -0.2) is 8.78 Å². The number of aliphatic hydroxyl groups excluding tert-OH is 1. The number of likely N-dealkylation sites (tertiary alicyclic amines) is 1. The molecule has 1 saturated heterocycles. The van der Waals surface area contributed by atoms with Crippen LogP contribution < -0.4 is 14.8 Å². The standard InChI is InChI=1S/C28H29F2N3O5/c29-21-6-5-18-12-17(2-4-19(18)13-21)3-7-23(32-36)28(35)31-24(16-33-8-1-9-33)26(34)20-14-22(30)27-25(15-20)37-10-11-38-27/h2,4-6,12-15,24,26,34,36H,1,3,7-11,16H2,(H,31,35)/b32-23+/t24-,26-/m1/s1. The molecule has 2 heterocycles. The molecule has 5 rings (SSSR count). The number of ether oxygens (including phenoxy) is 2. The maximum Gasteiger partial charge on any atom is 0.269 e. The maximum absolute atomic E-state index is 14.6. The van der Waals surface area contributed by atoms with Crippen molar-refractivity contribution in [2.75, 3.05) is 32.8 Å². The highest BCUT2D eigenvalue weighted by Gasteiger charge is 2.31. The van der Waals surface area contributed by atoms with E-state index >= 15 is 0 Å². The SMILES string of the molecule is O=C(N[C@H](CN1CCC1)[C@H](O)c1cc(F)c2c(c1)OCCO2)/C(CCc1ccc2cc(F)ccc2c1)=N/O. The summed E-state index contributed by atoms with van der Waals surface area (Å²) in [5, 5.41) is 28.4. The first-order chi connectivity index (χ1) is 18.4. The Morgan fingerprint density at radius 3 is 2.58 bits per heavy atom. The van der Waals surface area contributed by atoms with Crippen molar-refractivity contribution < 1.29 is 33.4 Å². The summed E-state index contributed by atoms with van der Waals surface area (Å²) in [6.07, 6.45) is 0.315. The highest BCUT2D eigenvalue weighted by molar-refractivity contribution is 6.38. The van der Waals surface area contributed by atoms with Crippen LogP contribution in [0, 0.1) is 11.6 Å². The predicted octanol–water partition coefficient (Wildman–Crippen LogP) is 3.58. The average molecular weight is 526 g/mol. The number of nitrogens with one attached hydrogen (secondary N) is 1. The third-order valence-corrected chi connectivity index (χ3v) is 6.96. The third-order valence-electron chi connectivity index (χ3n) is 6.96. The largest absolute Gasteiger partial charge is 0.486 e. The number of oxime groups is 1. The number of carbonyl (C=O) groups is 1. The number of nitrogens with zero attached hydrogens (tertiary/aromatic N) is 2. The number of halogens is 2. The van der Waals surface area contributed by atoms with Crippen LogP contribution in [0.4, 0.5) is 8.78 Å². The van der Waals surface area contributed by atoms with Crippen LogP contribution >= 0.6 is 0 Å². The number of carbonyl (C=O) groups excluding carboxylic acids is 1. The van der Waals surface area contributed by atoms with Crippen molar-refractivity contribution in [1.82, 2.24) is 10.2 Å². The molecule has 0 radical (unpaired) electrons. The van der Waals surface area contributed by atoms with Gasteiger partial charge in [0.2, 0.25) is 0 Å². The molecule has 38 heavy (non-hydrogen) atoms. The Labute approximate surface area is 218 Å². The number of rotatable bonds is 9. The average Bonchev–Trinajstić information content (AvgIpc) is 2.89. The number of hydrogen-bond acceptors (Lipinski definition) is 7. The lowest BCUT2D eigenvalue weighted by Crippen LogP contribution is -2.52. The first kappa shape index (κ1) is 25.9. The van der Waals surface area contributed by atoms with Gasteiger partial charge in [0.05, 0.1) is 6.04 Å². The fraction of sp³-hybridized carbons (Fsp3) is 0.357. The van der Waals surface area contributed by atoms with Gasteiger partial charge in [0.25, 0.3) is 5.91 Å². The van der Waals surface area contributed by atoms with E-state index in [1.54, 1.807) is 12.1 Å². The zero-order chi connectivity index (χ0) is 26.6. The van der Waals surface area contributed by atoms with Crippen LogP contribution in [-0.2, 0) is 11.2 Å². The Balaban J connectivity index is 1.28. The molecule has 0 aliphatic carbocycles. The van der Waals surface area contributed by atoms with Gasteiger partial charge in [-0.2, -0.15) is 0 Å². The molecule has 3 aromatic rings. The van der Waals surface area contributed by atoms with Gasteiger partial charge in [0.15, 0.2) is 17.3 Å². The summed E-state index contributed by atoms with van der Waals surface area (Å²) in [5.41, 5.74) is 1.04.